The zero-order chi connectivity index (χ0) is 19.7. The number of rotatable bonds is 5. The number of ether oxygens (including phenoxy) is 1. The van der Waals surface area contributed by atoms with Crippen molar-refractivity contribution in [3.63, 3.8) is 0 Å². The number of aliphatic hydroxyl groups is 3. The van der Waals surface area contributed by atoms with Crippen LogP contribution in [0.25, 0.3) is 11.2 Å². The lowest BCUT2D eigenvalue weighted by atomic mass is 10.1. The van der Waals surface area contributed by atoms with Gasteiger partial charge in [0.25, 0.3) is 0 Å². The molecule has 146 valence electrons. The number of aromatic nitrogens is 5. The fourth-order valence-corrected chi connectivity index (χ4v) is 2.95. The average Bonchev–Trinajstić information content (AvgIpc) is 3.21. The monoisotopic (exact) mass is 386 g/mol. The molecule has 3 aromatic heterocycles. The lowest BCUT2D eigenvalue weighted by Crippen LogP contribution is -2.33. The Hall–Kier alpha value is -3.19. The van der Waals surface area contributed by atoms with Crippen LogP contribution in [-0.4, -0.2) is 71.0 Å². The molecular formula is C16H18N8O4. The minimum atomic E-state index is -1.33. The van der Waals surface area contributed by atoms with Crippen LogP contribution >= 0.6 is 0 Å². The summed E-state index contributed by atoms with van der Waals surface area (Å²) in [5.41, 5.74) is 9.79. The van der Waals surface area contributed by atoms with Gasteiger partial charge in [0.05, 0.1) is 18.5 Å². The van der Waals surface area contributed by atoms with E-state index < -0.39 is 31.1 Å². The molecule has 4 rings (SSSR count). The summed E-state index contributed by atoms with van der Waals surface area (Å²) < 4.78 is 7.01. The molecule has 0 aliphatic carbocycles. The van der Waals surface area contributed by atoms with Gasteiger partial charge < -0.3 is 25.8 Å². The van der Waals surface area contributed by atoms with Gasteiger partial charge in [0.15, 0.2) is 23.2 Å². The van der Waals surface area contributed by atoms with Crippen molar-refractivity contribution in [1.82, 2.24) is 24.5 Å². The summed E-state index contributed by atoms with van der Waals surface area (Å²) in [5.74, 6) is 0.288. The maximum atomic E-state index is 10.4. The molecule has 0 radical (unpaired) electrons. The number of hydrogen-bond acceptors (Lipinski definition) is 11. The molecule has 12 heteroatoms. The van der Waals surface area contributed by atoms with E-state index in [0.29, 0.717) is 5.69 Å². The SMILES string of the molecule is Nc1ncnc2c1nc(N/N=C/c1ccccn1)n2C1OC(CO)C(O)C1O. The number of pyridine rings is 1. The van der Waals surface area contributed by atoms with Crippen molar-refractivity contribution >= 4 is 29.1 Å². The van der Waals surface area contributed by atoms with Crippen molar-refractivity contribution in [2.45, 2.75) is 24.5 Å². The van der Waals surface area contributed by atoms with Crippen molar-refractivity contribution < 1.29 is 20.1 Å². The zero-order valence-corrected chi connectivity index (χ0v) is 14.5. The van der Waals surface area contributed by atoms with Crippen molar-refractivity contribution in [3.05, 3.63) is 36.4 Å². The van der Waals surface area contributed by atoms with Crippen LogP contribution < -0.4 is 11.2 Å². The number of aliphatic hydroxyl groups excluding tert-OH is 3. The van der Waals surface area contributed by atoms with Gasteiger partial charge in [-0.15, -0.1) is 0 Å². The molecule has 4 unspecified atom stereocenters. The van der Waals surface area contributed by atoms with Gasteiger partial charge in [0.1, 0.15) is 24.6 Å². The van der Waals surface area contributed by atoms with E-state index in [2.05, 4.69) is 30.5 Å². The highest BCUT2D eigenvalue weighted by molar-refractivity contribution is 5.84. The number of nitrogens with zero attached hydrogens (tertiary/aromatic N) is 6. The second-order valence-corrected chi connectivity index (χ2v) is 6.09. The number of nitrogen functional groups attached to an aromatic ring is 1. The minimum Gasteiger partial charge on any atom is -0.394 e. The van der Waals surface area contributed by atoms with Crippen LogP contribution in [0, 0.1) is 0 Å². The number of hydrogen-bond donors (Lipinski definition) is 5. The van der Waals surface area contributed by atoms with Crippen molar-refractivity contribution in [1.29, 1.82) is 0 Å². The van der Waals surface area contributed by atoms with Gasteiger partial charge in [-0.1, -0.05) is 6.07 Å². The summed E-state index contributed by atoms with van der Waals surface area (Å²) in [6.45, 7) is -0.459. The highest BCUT2D eigenvalue weighted by Crippen LogP contribution is 2.35. The number of hydrazone groups is 1. The van der Waals surface area contributed by atoms with Gasteiger partial charge in [-0.3, -0.25) is 9.55 Å². The van der Waals surface area contributed by atoms with Gasteiger partial charge in [-0.25, -0.2) is 20.4 Å². The molecule has 4 atom stereocenters. The molecule has 0 saturated carbocycles. The second-order valence-electron chi connectivity index (χ2n) is 6.09. The first-order valence-electron chi connectivity index (χ1n) is 8.41. The van der Waals surface area contributed by atoms with Crippen molar-refractivity contribution in [2.75, 3.05) is 17.8 Å². The Balaban J connectivity index is 1.73. The van der Waals surface area contributed by atoms with Crippen molar-refractivity contribution in [3.8, 4) is 0 Å². The molecule has 0 amide bonds. The fraction of sp³-hybridized carbons (Fsp3) is 0.312. The van der Waals surface area contributed by atoms with Gasteiger partial charge >= 0.3 is 0 Å². The highest BCUT2D eigenvalue weighted by atomic mass is 16.6. The van der Waals surface area contributed by atoms with E-state index in [1.165, 1.54) is 17.1 Å². The third-order valence-electron chi connectivity index (χ3n) is 4.33. The standard InChI is InChI=1S/C16H18N8O4/c17-13-10-14(20-7-19-13)24(15-12(27)11(26)9(6-25)28-15)16(22-10)23-21-5-8-3-1-2-4-18-8/h1-5,7,9,11-12,15,25-27H,6H2,(H,22,23)(H2,17,19,20)/b21-5+. The zero-order valence-electron chi connectivity index (χ0n) is 14.5. The van der Waals surface area contributed by atoms with E-state index in [-0.39, 0.29) is 22.9 Å². The van der Waals surface area contributed by atoms with Gasteiger partial charge in [-0.05, 0) is 12.1 Å². The Morgan fingerprint density at radius 3 is 2.82 bits per heavy atom. The van der Waals surface area contributed by atoms with Crippen LogP contribution in [0.15, 0.2) is 35.8 Å². The summed E-state index contributed by atoms with van der Waals surface area (Å²) in [6, 6.07) is 5.37. The molecule has 6 N–H and O–H groups in total. The van der Waals surface area contributed by atoms with E-state index in [9.17, 15) is 15.3 Å². The Morgan fingerprint density at radius 1 is 1.25 bits per heavy atom. The van der Waals surface area contributed by atoms with E-state index in [4.69, 9.17) is 10.5 Å². The predicted octanol–water partition coefficient (Wildman–Crippen LogP) is -1.14. The predicted molar refractivity (Wildman–Crippen MR) is 98.2 cm³/mol. The second kappa shape index (κ2) is 7.44. The average molecular weight is 386 g/mol. The largest absolute Gasteiger partial charge is 0.394 e. The van der Waals surface area contributed by atoms with Crippen LogP contribution in [-0.2, 0) is 4.74 Å². The van der Waals surface area contributed by atoms with Gasteiger partial charge in [-0.2, -0.15) is 5.10 Å². The molecule has 0 aromatic carbocycles. The Bertz CT molecular complexity index is 995. The molecule has 1 fully saturated rings. The summed E-state index contributed by atoms with van der Waals surface area (Å²) in [7, 11) is 0. The summed E-state index contributed by atoms with van der Waals surface area (Å²) in [6.07, 6.45) is -0.275. The molecule has 12 nitrogen and oxygen atoms in total. The molecule has 4 heterocycles. The quantitative estimate of drug-likeness (QED) is 0.266. The molecule has 28 heavy (non-hydrogen) atoms. The van der Waals surface area contributed by atoms with E-state index in [1.54, 1.807) is 18.3 Å². The summed E-state index contributed by atoms with van der Waals surface area (Å²) in [5, 5.41) is 33.9. The maximum Gasteiger partial charge on any atom is 0.228 e. The van der Waals surface area contributed by atoms with E-state index in [1.807, 2.05) is 6.07 Å². The normalized spacial score (nSPS) is 25.0. The first-order chi connectivity index (χ1) is 13.6. The lowest BCUT2D eigenvalue weighted by Gasteiger charge is -2.18. The third-order valence-corrected chi connectivity index (χ3v) is 4.33. The van der Waals surface area contributed by atoms with Gasteiger partial charge in [0.2, 0.25) is 5.95 Å². The number of anilines is 2. The maximum absolute atomic E-state index is 10.4. The molecule has 0 spiro atoms. The van der Waals surface area contributed by atoms with Crippen LogP contribution in [0.4, 0.5) is 11.8 Å². The number of imidazole rings is 1. The minimum absolute atomic E-state index is 0.132. The topological polar surface area (TPSA) is 177 Å². The van der Waals surface area contributed by atoms with E-state index >= 15 is 0 Å². The summed E-state index contributed by atoms with van der Waals surface area (Å²) in [4.78, 5) is 16.5. The molecular weight excluding hydrogens is 368 g/mol. The molecule has 1 aliphatic rings. The lowest BCUT2D eigenvalue weighted by molar-refractivity contribution is -0.0501. The molecule has 3 aromatic rings. The van der Waals surface area contributed by atoms with E-state index in [0.717, 1.165) is 0 Å². The van der Waals surface area contributed by atoms with Crippen LogP contribution in [0.2, 0.25) is 0 Å². The molecule has 0 bridgehead atoms. The number of fused-ring (bicyclic) bond motifs is 1. The van der Waals surface area contributed by atoms with Gasteiger partial charge in [0, 0.05) is 6.20 Å². The Morgan fingerprint density at radius 2 is 2.11 bits per heavy atom. The highest BCUT2D eigenvalue weighted by Gasteiger charge is 2.45. The third kappa shape index (κ3) is 3.14. The Labute approximate surface area is 158 Å². The Kier molecular flexibility index (Phi) is 4.83. The van der Waals surface area contributed by atoms with Crippen molar-refractivity contribution in [2.24, 2.45) is 5.10 Å². The summed E-state index contributed by atoms with van der Waals surface area (Å²) >= 11 is 0. The number of nitrogens with one attached hydrogen (secondary N) is 1. The first-order valence-corrected chi connectivity index (χ1v) is 8.41. The first kappa shape index (κ1) is 18.2. The van der Waals surface area contributed by atoms with Crippen LogP contribution in [0.1, 0.15) is 11.9 Å². The smallest absolute Gasteiger partial charge is 0.228 e. The van der Waals surface area contributed by atoms with Crippen LogP contribution in [0.3, 0.4) is 0 Å². The number of nitrogens with two attached hydrogens (primary N) is 1. The van der Waals surface area contributed by atoms with Crippen LogP contribution in [0.5, 0.6) is 0 Å². The molecule has 1 saturated heterocycles. The molecule has 1 aliphatic heterocycles. The fourth-order valence-electron chi connectivity index (χ4n) is 2.95.